The van der Waals surface area contributed by atoms with Gasteiger partial charge in [-0.2, -0.15) is 0 Å². The minimum Gasteiger partial charge on any atom is -0.497 e. The van der Waals surface area contributed by atoms with E-state index >= 15 is 0 Å². The monoisotopic (exact) mass is 373 g/mol. The first-order valence-corrected chi connectivity index (χ1v) is 10.0. The van der Waals surface area contributed by atoms with Gasteiger partial charge in [0.25, 0.3) is 5.91 Å². The lowest BCUT2D eigenvalue weighted by Crippen LogP contribution is -2.51. The van der Waals surface area contributed by atoms with Gasteiger partial charge in [0, 0.05) is 38.2 Å². The van der Waals surface area contributed by atoms with Gasteiger partial charge in [-0.1, -0.05) is 13.0 Å². The minimum atomic E-state index is 0.00377. The molecule has 6 heteroatoms. The Morgan fingerprint density at radius 1 is 1.15 bits per heavy atom. The Bertz CT molecular complexity index is 650. The molecule has 27 heavy (non-hydrogen) atoms. The summed E-state index contributed by atoms with van der Waals surface area (Å²) >= 11 is 0. The Kier molecular flexibility index (Phi) is 6.72. The summed E-state index contributed by atoms with van der Waals surface area (Å²) in [6.07, 6.45) is 2.95. The number of nitrogens with zero attached hydrogens (tertiary/aromatic N) is 2. The highest BCUT2D eigenvalue weighted by molar-refractivity contribution is 5.94. The van der Waals surface area contributed by atoms with Crippen molar-refractivity contribution in [3.63, 3.8) is 0 Å². The maximum Gasteiger partial charge on any atom is 0.254 e. The third-order valence-corrected chi connectivity index (χ3v) is 5.92. The molecule has 2 aliphatic heterocycles. The number of benzene rings is 1. The Labute approximate surface area is 161 Å². The summed E-state index contributed by atoms with van der Waals surface area (Å²) in [6.45, 7) is 6.74. The van der Waals surface area contributed by atoms with Gasteiger partial charge in [-0.3, -0.25) is 9.59 Å². The van der Waals surface area contributed by atoms with E-state index < -0.39 is 0 Å². The first kappa shape index (κ1) is 19.7. The number of hydrogen-bond donors (Lipinski definition) is 1. The molecular weight excluding hydrogens is 342 g/mol. The lowest BCUT2D eigenvalue weighted by molar-refractivity contribution is -0.134. The average molecular weight is 373 g/mol. The van der Waals surface area contributed by atoms with Crippen LogP contribution in [0.25, 0.3) is 0 Å². The number of carbonyl (C=O) groups excluding carboxylic acids is 2. The average Bonchev–Trinajstić information content (AvgIpc) is 2.74. The van der Waals surface area contributed by atoms with Crippen LogP contribution in [0.15, 0.2) is 24.3 Å². The highest BCUT2D eigenvalue weighted by Crippen LogP contribution is 2.25. The molecular formula is C21H31N3O3. The lowest BCUT2D eigenvalue weighted by atomic mass is 9.84. The zero-order valence-corrected chi connectivity index (χ0v) is 16.4. The van der Waals surface area contributed by atoms with E-state index in [2.05, 4.69) is 12.2 Å². The maximum atomic E-state index is 12.7. The molecule has 6 nitrogen and oxygen atoms in total. The summed E-state index contributed by atoms with van der Waals surface area (Å²) in [5.74, 6) is 1.99. The number of nitrogens with one attached hydrogen (secondary N) is 1. The van der Waals surface area contributed by atoms with Crippen molar-refractivity contribution in [3.8, 4) is 5.75 Å². The van der Waals surface area contributed by atoms with Gasteiger partial charge < -0.3 is 19.9 Å². The molecule has 1 aromatic rings. The fourth-order valence-electron chi connectivity index (χ4n) is 4.08. The van der Waals surface area contributed by atoms with Crippen LogP contribution in [0.4, 0.5) is 0 Å². The molecule has 148 valence electrons. The zero-order valence-electron chi connectivity index (χ0n) is 16.4. The number of amides is 2. The van der Waals surface area contributed by atoms with Crippen molar-refractivity contribution in [2.45, 2.75) is 26.2 Å². The Morgan fingerprint density at radius 2 is 1.81 bits per heavy atom. The van der Waals surface area contributed by atoms with E-state index in [4.69, 9.17) is 4.74 Å². The van der Waals surface area contributed by atoms with Gasteiger partial charge in [-0.25, -0.2) is 0 Å². The van der Waals surface area contributed by atoms with Crippen LogP contribution in [0.5, 0.6) is 5.75 Å². The predicted octanol–water partition coefficient (Wildman–Crippen LogP) is 2.01. The number of methoxy groups -OCH3 is 1. The second-order valence-corrected chi connectivity index (χ2v) is 7.67. The Hall–Kier alpha value is -2.08. The van der Waals surface area contributed by atoms with Crippen LogP contribution in [0.1, 0.15) is 36.5 Å². The molecule has 0 saturated carbocycles. The minimum absolute atomic E-state index is 0.00377. The largest absolute Gasteiger partial charge is 0.497 e. The van der Waals surface area contributed by atoms with Gasteiger partial charge in [0.05, 0.1) is 7.11 Å². The molecule has 1 N–H and O–H groups in total. The first-order valence-electron chi connectivity index (χ1n) is 10.0. The molecule has 1 atom stereocenters. The summed E-state index contributed by atoms with van der Waals surface area (Å²) < 4.78 is 5.20. The van der Waals surface area contributed by atoms with E-state index in [0.717, 1.165) is 25.9 Å². The van der Waals surface area contributed by atoms with Crippen LogP contribution in [0.2, 0.25) is 0 Å². The molecule has 2 aliphatic rings. The molecule has 3 rings (SSSR count). The summed E-state index contributed by atoms with van der Waals surface area (Å²) in [5, 5.41) is 3.38. The quantitative estimate of drug-likeness (QED) is 0.858. The van der Waals surface area contributed by atoms with Crippen LogP contribution in [-0.2, 0) is 4.79 Å². The zero-order chi connectivity index (χ0) is 19.2. The van der Waals surface area contributed by atoms with Crippen molar-refractivity contribution in [3.05, 3.63) is 29.8 Å². The van der Waals surface area contributed by atoms with E-state index in [1.807, 2.05) is 28.0 Å². The van der Waals surface area contributed by atoms with Gasteiger partial charge in [0.1, 0.15) is 5.75 Å². The van der Waals surface area contributed by atoms with Crippen LogP contribution >= 0.6 is 0 Å². The van der Waals surface area contributed by atoms with Crippen LogP contribution in [0, 0.1) is 11.8 Å². The van der Waals surface area contributed by atoms with E-state index in [1.165, 1.54) is 0 Å². The molecule has 0 spiro atoms. The summed E-state index contributed by atoms with van der Waals surface area (Å²) in [5.41, 5.74) is 0.633. The molecule has 1 unspecified atom stereocenters. The second kappa shape index (κ2) is 9.22. The number of ether oxygens (including phenoxy) is 1. The van der Waals surface area contributed by atoms with Gasteiger partial charge in [0.2, 0.25) is 5.91 Å². The topological polar surface area (TPSA) is 61.9 Å². The van der Waals surface area contributed by atoms with Gasteiger partial charge >= 0.3 is 0 Å². The van der Waals surface area contributed by atoms with Crippen molar-refractivity contribution in [2.24, 2.45) is 11.8 Å². The third kappa shape index (κ3) is 5.01. The van der Waals surface area contributed by atoms with E-state index in [0.29, 0.717) is 55.7 Å². The van der Waals surface area contributed by atoms with Crippen LogP contribution < -0.4 is 10.1 Å². The molecule has 0 radical (unpaired) electrons. The predicted molar refractivity (Wildman–Crippen MR) is 105 cm³/mol. The molecule has 1 aromatic carbocycles. The van der Waals surface area contributed by atoms with Crippen LogP contribution in [-0.4, -0.2) is 68.0 Å². The molecule has 2 heterocycles. The second-order valence-electron chi connectivity index (χ2n) is 7.67. The number of hydrogen-bond acceptors (Lipinski definition) is 4. The number of rotatable bonds is 5. The number of carbonyl (C=O) groups is 2. The number of piperazine rings is 1. The smallest absolute Gasteiger partial charge is 0.254 e. The highest BCUT2D eigenvalue weighted by atomic mass is 16.5. The van der Waals surface area contributed by atoms with Gasteiger partial charge in [-0.05, 0) is 56.0 Å². The molecule has 0 aliphatic carbocycles. The van der Waals surface area contributed by atoms with E-state index in [1.54, 1.807) is 13.2 Å². The molecule has 2 saturated heterocycles. The van der Waals surface area contributed by atoms with Gasteiger partial charge in [-0.15, -0.1) is 0 Å². The summed E-state index contributed by atoms with van der Waals surface area (Å²) in [4.78, 5) is 29.1. The van der Waals surface area contributed by atoms with Crippen LogP contribution in [0.3, 0.4) is 0 Å². The molecule has 0 bridgehead atoms. The van der Waals surface area contributed by atoms with Crippen molar-refractivity contribution in [1.29, 1.82) is 0 Å². The standard InChI is InChI=1S/C21H31N3O3/c1-16(17-6-8-22-9-7-17)14-20(25)23-10-12-24(13-11-23)21(26)18-4-3-5-19(15-18)27-2/h3-5,15-17,22H,6-14H2,1-2H3. The SMILES string of the molecule is COc1cccc(C(=O)N2CCN(C(=O)CC(C)C3CCNCC3)CC2)c1. The fraction of sp³-hybridized carbons (Fsp3) is 0.619. The highest BCUT2D eigenvalue weighted by Gasteiger charge is 2.28. The van der Waals surface area contributed by atoms with Crippen molar-refractivity contribution in [2.75, 3.05) is 46.4 Å². The van der Waals surface area contributed by atoms with Gasteiger partial charge in [0.15, 0.2) is 0 Å². The molecule has 2 fully saturated rings. The van der Waals surface area contributed by atoms with E-state index in [9.17, 15) is 9.59 Å². The first-order chi connectivity index (χ1) is 13.1. The molecule has 2 amide bonds. The lowest BCUT2D eigenvalue weighted by Gasteiger charge is -2.36. The summed E-state index contributed by atoms with van der Waals surface area (Å²) in [6, 6.07) is 7.23. The third-order valence-electron chi connectivity index (χ3n) is 5.92. The Balaban J connectivity index is 1.49. The van der Waals surface area contributed by atoms with Crippen molar-refractivity contribution >= 4 is 11.8 Å². The van der Waals surface area contributed by atoms with E-state index in [-0.39, 0.29) is 11.8 Å². The normalized spacial score (nSPS) is 19.6. The Morgan fingerprint density at radius 3 is 2.48 bits per heavy atom. The van der Waals surface area contributed by atoms with Crippen molar-refractivity contribution in [1.82, 2.24) is 15.1 Å². The summed E-state index contributed by atoms with van der Waals surface area (Å²) in [7, 11) is 1.60. The maximum absolute atomic E-state index is 12.7. The molecule has 0 aromatic heterocycles. The number of piperidine rings is 1. The fourth-order valence-corrected chi connectivity index (χ4v) is 4.08. The van der Waals surface area contributed by atoms with Crippen molar-refractivity contribution < 1.29 is 14.3 Å².